The normalized spacial score (nSPS) is 44.9. The third-order valence-electron chi connectivity index (χ3n) is 18.8. The maximum atomic E-state index is 13.0. The fraction of sp³-hybridized carbons (Fsp3) is 0.933. The summed E-state index contributed by atoms with van der Waals surface area (Å²) < 4.78 is 93.4. The number of carboxylic acids is 2. The first-order chi connectivity index (χ1) is 49.0. The highest BCUT2D eigenvalue weighted by atomic mass is 32.2. The number of Topliss-reactive ketones (excluding diaryl/α,β-unsaturated/α-hetero) is 2. The van der Waals surface area contributed by atoms with E-state index >= 15 is 0 Å². The fourth-order valence-corrected chi connectivity index (χ4v) is 15.2. The molecule has 21 rings (SSSR count). The highest BCUT2D eigenvalue weighted by Crippen LogP contribution is 2.40. The van der Waals surface area contributed by atoms with Gasteiger partial charge >= 0.3 is 11.9 Å². The molecule has 596 valence electrons. The van der Waals surface area contributed by atoms with Crippen molar-refractivity contribution < 1.29 is 202 Å². The number of aliphatic carboxylic acids is 2. The monoisotopic (exact) mass is 1540 g/mol. The van der Waals surface area contributed by atoms with Crippen LogP contribution in [0.5, 0.6) is 0 Å². The van der Waals surface area contributed by atoms with Crippen molar-refractivity contribution in [3.05, 3.63) is 0 Å². The van der Waals surface area contributed by atoms with Crippen molar-refractivity contribution >= 4 is 47.0 Å². The van der Waals surface area contributed by atoms with Crippen LogP contribution in [-0.2, 0) is 95.0 Å². The number of thioether (sulfide) groups is 2. The standard InChI is InChI=1S/C60H98O41S2/c1-3-21(52(82)83)16-102-18-29-50-36(73)43(80)59(93-29)98-48-27(14-64)89-55(39(76)32(48)69)95-45-24(11-61)88-54(38(75)31(45)68)96-46-26(13-63)92-58(42(79)35(46)72)101-51-30(19-103-17-22(53(84)85)10-23(67)5-7-87-9-8-86-6-4-20(2)66)94-60(44(81)37(51)74)99-49-28(15-65)90-56(40(77)33(49)70)97-47-25(12-62)91-57(100-50)41(78)34(47)71/h21-22,24-51,54-65,68-81H,3-19H2,1-2H3,(H,82,83)(H,84,85)/t21?,22?,24?,25?,26?,27?,28?,29?,30?,31-,32-,33-,34-,35-,36-,37-,38?,39?,40?,41?,42?,43?,44?,45+,46+,47+,48+,49+,50+,51+,54+,55+,56+,57+,58+,59+,60+/m1/s1. The van der Waals surface area contributed by atoms with Gasteiger partial charge in [0, 0.05) is 42.3 Å². The summed E-state index contributed by atoms with van der Waals surface area (Å²) in [5.41, 5.74) is 0. The van der Waals surface area contributed by atoms with Crippen LogP contribution in [0.3, 0.4) is 0 Å². The van der Waals surface area contributed by atoms with Crippen LogP contribution >= 0.6 is 23.5 Å². The molecule has 16 unspecified atom stereocenters. The Bertz CT molecular complexity index is 2610. The number of ether oxygens (including phenoxy) is 16. The van der Waals surface area contributed by atoms with E-state index < -0.39 is 290 Å². The molecule has 0 aromatic heterocycles. The van der Waals surface area contributed by atoms with Crippen molar-refractivity contribution in [3.63, 3.8) is 0 Å². The van der Waals surface area contributed by atoms with E-state index in [0.29, 0.717) is 0 Å². The number of aliphatic hydroxyl groups excluding tert-OH is 19. The second-order valence-corrected chi connectivity index (χ2v) is 28.2. The molecule has 21 saturated heterocycles. The molecule has 0 aromatic carbocycles. The second-order valence-electron chi connectivity index (χ2n) is 26.0. The van der Waals surface area contributed by atoms with Crippen LogP contribution in [0.25, 0.3) is 0 Å². The van der Waals surface area contributed by atoms with E-state index in [-0.39, 0.29) is 68.7 Å². The molecule has 21 fully saturated rings. The average molecular weight is 1540 g/mol. The van der Waals surface area contributed by atoms with Crippen molar-refractivity contribution in [2.45, 2.75) is 254 Å². The Morgan fingerprint density at radius 3 is 0.796 bits per heavy atom. The summed E-state index contributed by atoms with van der Waals surface area (Å²) in [6.07, 6.45) is -72.7. The number of rotatable bonds is 27. The maximum Gasteiger partial charge on any atom is 0.307 e. The van der Waals surface area contributed by atoms with Crippen molar-refractivity contribution in [1.29, 1.82) is 0 Å². The predicted molar refractivity (Wildman–Crippen MR) is 333 cm³/mol. The molecule has 43 heteroatoms. The van der Waals surface area contributed by atoms with E-state index in [0.717, 1.165) is 23.5 Å². The van der Waals surface area contributed by atoms with Gasteiger partial charge in [0.25, 0.3) is 0 Å². The third-order valence-corrected chi connectivity index (χ3v) is 21.2. The Labute approximate surface area is 596 Å². The Hall–Kier alpha value is -2.42. The molecule has 103 heavy (non-hydrogen) atoms. The number of carboxylic acid groups (broad SMARTS) is 2. The largest absolute Gasteiger partial charge is 0.481 e. The summed E-state index contributed by atoms with van der Waals surface area (Å²) in [5, 5.41) is 237. The quantitative estimate of drug-likeness (QED) is 0.0340. The lowest BCUT2D eigenvalue weighted by atomic mass is 9.95. The first-order valence-corrected chi connectivity index (χ1v) is 35.8. The minimum absolute atomic E-state index is 0.0656. The second kappa shape index (κ2) is 40.0. The number of hydrogen-bond donors (Lipinski definition) is 21. The highest BCUT2D eigenvalue weighted by molar-refractivity contribution is 7.99. The molecule has 41 nitrogen and oxygen atoms in total. The molecule has 21 aliphatic rings. The van der Waals surface area contributed by atoms with Crippen LogP contribution in [0.4, 0.5) is 0 Å². The van der Waals surface area contributed by atoms with Gasteiger partial charge in [-0.15, -0.1) is 0 Å². The van der Waals surface area contributed by atoms with Gasteiger partial charge in [0.05, 0.1) is 83.5 Å². The molecule has 0 aliphatic carbocycles. The third kappa shape index (κ3) is 21.0. The van der Waals surface area contributed by atoms with E-state index in [1.54, 1.807) is 6.92 Å². The summed E-state index contributed by atoms with van der Waals surface area (Å²) in [5.74, 6) is -6.75. The van der Waals surface area contributed by atoms with E-state index in [2.05, 4.69) is 0 Å². The van der Waals surface area contributed by atoms with Crippen LogP contribution in [0, 0.1) is 11.8 Å². The van der Waals surface area contributed by atoms with Crippen molar-refractivity contribution in [2.24, 2.45) is 11.8 Å². The minimum atomic E-state index is -2.31. The molecule has 21 N–H and O–H groups in total. The summed E-state index contributed by atoms with van der Waals surface area (Å²) in [6.45, 7) is -2.28. The Morgan fingerprint density at radius 1 is 0.330 bits per heavy atom. The van der Waals surface area contributed by atoms with Crippen LogP contribution in [0.1, 0.15) is 39.5 Å². The molecule has 0 radical (unpaired) electrons. The molecule has 37 atom stereocenters. The van der Waals surface area contributed by atoms with Gasteiger partial charge < -0.3 is 183 Å². The molecule has 0 amide bonds. The lowest BCUT2D eigenvalue weighted by Gasteiger charge is -2.50. The zero-order valence-electron chi connectivity index (χ0n) is 55.8. The zero-order chi connectivity index (χ0) is 75.4. The summed E-state index contributed by atoms with van der Waals surface area (Å²) in [6, 6.07) is 0. The lowest BCUT2D eigenvalue weighted by Crippen LogP contribution is -2.68. The number of ketones is 2. The van der Waals surface area contributed by atoms with Crippen molar-refractivity contribution in [1.82, 2.24) is 0 Å². The first kappa shape index (κ1) is 86.2. The molecule has 0 spiro atoms. The van der Waals surface area contributed by atoms with Gasteiger partial charge in [-0.05, 0) is 13.3 Å². The van der Waals surface area contributed by atoms with Crippen LogP contribution < -0.4 is 0 Å². The van der Waals surface area contributed by atoms with Crippen molar-refractivity contribution in [3.8, 4) is 0 Å². The average Bonchev–Trinajstić information content (AvgIpc) is 0.785. The SMILES string of the molecule is CCC(CSCC1O[C@H]2O[C@H]3C(CO)O[C@@H](O[C@H]4C(CO)O[C@@H](O[C@H]5C(CO)O[C@@H](O[C@H]6C(CSCC(CC(=O)CCOCCOCCC(C)=O)C(=O)O)O[C@@H](O[C@H]7C(CO)O[C@@H](O[C@H]8C(CO)O[C@@H](O[C@@H]1[C@H](O)C2O)C(O)[C@H]8O)C(O)[C@H]7O)C(O)[C@H]6O)C(O)[C@H]5O)C(O)[C@H]4O)C(O)[C@H]3O)C(=O)O. The van der Waals surface area contributed by atoms with Gasteiger partial charge in [-0.2, -0.15) is 23.5 Å². The summed E-state index contributed by atoms with van der Waals surface area (Å²) >= 11 is 1.73. The molecule has 21 aliphatic heterocycles. The zero-order valence-corrected chi connectivity index (χ0v) is 57.4. The number of carbonyl (C=O) groups excluding carboxylic acids is 2. The van der Waals surface area contributed by atoms with Gasteiger partial charge in [0.2, 0.25) is 0 Å². The van der Waals surface area contributed by atoms with E-state index in [4.69, 9.17) is 75.8 Å². The van der Waals surface area contributed by atoms with Gasteiger partial charge in [-0.25, -0.2) is 0 Å². The van der Waals surface area contributed by atoms with E-state index in [9.17, 15) is 126 Å². The molecule has 21 heterocycles. The Morgan fingerprint density at radius 2 is 0.563 bits per heavy atom. The Balaban J connectivity index is 1.08. The van der Waals surface area contributed by atoms with Crippen molar-refractivity contribution in [2.75, 3.05) is 82.5 Å². The lowest BCUT2D eigenvalue weighted by molar-refractivity contribution is -0.395. The smallest absolute Gasteiger partial charge is 0.307 e. The summed E-state index contributed by atoms with van der Waals surface area (Å²) in [7, 11) is 0. The number of hydrogen-bond acceptors (Lipinski definition) is 41. The van der Waals surface area contributed by atoms with E-state index in [1.165, 1.54) is 6.92 Å². The topological polar surface area (TPSA) is 641 Å². The number of carbonyl (C=O) groups is 4. The van der Waals surface area contributed by atoms with Gasteiger partial charge in [0.15, 0.2) is 44.0 Å². The van der Waals surface area contributed by atoms with Crippen LogP contribution in [-0.4, -0.2) is 428 Å². The molecular weight excluding hydrogens is 1440 g/mol. The highest BCUT2D eigenvalue weighted by Gasteiger charge is 2.60. The Kier molecular flexibility index (Phi) is 33.5. The molecular formula is C60H98O41S2. The predicted octanol–water partition coefficient (Wildman–Crippen LogP) is -11.6. The van der Waals surface area contributed by atoms with Crippen LogP contribution in [0.15, 0.2) is 0 Å². The van der Waals surface area contributed by atoms with Gasteiger partial charge in [-0.3, -0.25) is 19.2 Å². The maximum absolute atomic E-state index is 13.0. The molecule has 0 saturated carbocycles. The van der Waals surface area contributed by atoms with Crippen LogP contribution in [0.2, 0.25) is 0 Å². The van der Waals surface area contributed by atoms with Gasteiger partial charge in [0.1, 0.15) is 170 Å². The number of aliphatic hydroxyl groups is 19. The first-order valence-electron chi connectivity index (χ1n) is 33.5. The minimum Gasteiger partial charge on any atom is -0.481 e. The van der Waals surface area contributed by atoms with Gasteiger partial charge in [-0.1, -0.05) is 6.92 Å². The molecule has 0 aromatic rings. The summed E-state index contributed by atoms with van der Waals surface area (Å²) in [4.78, 5) is 48.8. The molecule has 14 bridgehead atoms. The fourth-order valence-electron chi connectivity index (χ4n) is 12.7. The van der Waals surface area contributed by atoms with E-state index in [1.807, 2.05) is 0 Å².